The molecule has 0 unspecified atom stereocenters. The lowest BCUT2D eigenvalue weighted by atomic mass is 9.83. The first kappa shape index (κ1) is 11.1. The van der Waals surface area contributed by atoms with Gasteiger partial charge in [0.05, 0.1) is 6.61 Å². The van der Waals surface area contributed by atoms with Crippen LogP contribution in [0.1, 0.15) is 26.7 Å². The molecule has 2 nitrogen and oxygen atoms in total. The zero-order chi connectivity index (χ0) is 10.1. The number of esters is 1. The van der Waals surface area contributed by atoms with Crippen LogP contribution in [-0.4, -0.2) is 23.3 Å². The van der Waals surface area contributed by atoms with Gasteiger partial charge in [0, 0.05) is 5.38 Å². The van der Waals surface area contributed by atoms with Crippen LogP contribution in [0.2, 0.25) is 0 Å². The zero-order valence-corrected chi connectivity index (χ0v) is 9.36. The first-order valence-electron chi connectivity index (χ1n) is 4.38. The molecule has 0 N–H and O–H groups in total. The maximum Gasteiger partial charge on any atom is 0.324 e. The fourth-order valence-electron chi connectivity index (χ4n) is 1.26. The highest BCUT2D eigenvalue weighted by Crippen LogP contribution is 2.35. The molecule has 4 heteroatoms. The number of cyclic esters (lactones) is 1. The Labute approximate surface area is 88.5 Å². The van der Waals surface area contributed by atoms with Crippen LogP contribution in [0.3, 0.4) is 0 Å². The second-order valence-electron chi connectivity index (χ2n) is 4.08. The van der Waals surface area contributed by atoms with Crippen molar-refractivity contribution in [1.29, 1.82) is 0 Å². The van der Waals surface area contributed by atoms with Gasteiger partial charge >= 0.3 is 5.97 Å². The molecule has 13 heavy (non-hydrogen) atoms. The third-order valence-electron chi connectivity index (χ3n) is 2.51. The van der Waals surface area contributed by atoms with Gasteiger partial charge in [0.2, 0.25) is 0 Å². The van der Waals surface area contributed by atoms with Crippen LogP contribution in [0.25, 0.3) is 0 Å². The molecule has 1 fully saturated rings. The van der Waals surface area contributed by atoms with Crippen molar-refractivity contribution in [2.24, 2.45) is 5.41 Å². The molecule has 0 radical (unpaired) electrons. The molecule has 2 atom stereocenters. The molecule has 0 aromatic rings. The first-order valence-corrected chi connectivity index (χ1v) is 5.25. The smallest absolute Gasteiger partial charge is 0.324 e. The van der Waals surface area contributed by atoms with Crippen LogP contribution in [0.4, 0.5) is 0 Å². The maximum atomic E-state index is 11.1. The van der Waals surface area contributed by atoms with Crippen molar-refractivity contribution in [2.75, 3.05) is 6.61 Å². The summed E-state index contributed by atoms with van der Waals surface area (Å²) in [7, 11) is 0. The molecule has 1 rings (SSSR count). The number of alkyl halides is 2. The van der Waals surface area contributed by atoms with Gasteiger partial charge in [0.1, 0.15) is 5.38 Å². The number of rotatable bonds is 0. The summed E-state index contributed by atoms with van der Waals surface area (Å²) < 4.78 is 4.95. The third kappa shape index (κ3) is 2.75. The molecule has 0 spiro atoms. The highest BCUT2D eigenvalue weighted by molar-refractivity contribution is 6.31. The van der Waals surface area contributed by atoms with Crippen molar-refractivity contribution in [3.63, 3.8) is 0 Å². The molecule has 1 aliphatic rings. The van der Waals surface area contributed by atoms with Crippen LogP contribution < -0.4 is 0 Å². The average Bonchev–Trinajstić information content (AvgIpc) is 2.02. The van der Waals surface area contributed by atoms with E-state index in [1.807, 2.05) is 0 Å². The third-order valence-corrected chi connectivity index (χ3v) is 3.63. The van der Waals surface area contributed by atoms with Gasteiger partial charge in [0.15, 0.2) is 0 Å². The molecule has 0 bridgehead atoms. The molecule has 0 aliphatic carbocycles. The SMILES string of the molecule is CC1(C)CCOC(=O)[C@H](Cl)C[C@H]1Cl. The van der Waals surface area contributed by atoms with Crippen molar-refractivity contribution >= 4 is 29.2 Å². The van der Waals surface area contributed by atoms with Gasteiger partial charge in [-0.1, -0.05) is 13.8 Å². The summed E-state index contributed by atoms with van der Waals surface area (Å²) in [4.78, 5) is 11.1. The van der Waals surface area contributed by atoms with E-state index < -0.39 is 5.38 Å². The Kier molecular flexibility index (Phi) is 3.47. The van der Waals surface area contributed by atoms with E-state index in [-0.39, 0.29) is 16.8 Å². The number of hydrogen-bond donors (Lipinski definition) is 0. The normalized spacial score (nSPS) is 34.6. The molecule has 76 valence electrons. The lowest BCUT2D eigenvalue weighted by molar-refractivity contribution is -0.145. The molecular weight excluding hydrogens is 211 g/mol. The number of hydrogen-bond acceptors (Lipinski definition) is 2. The number of ether oxygens (including phenoxy) is 1. The molecule has 0 aromatic heterocycles. The Hall–Kier alpha value is 0.0500. The fraction of sp³-hybridized carbons (Fsp3) is 0.889. The fourth-order valence-corrected chi connectivity index (χ4v) is 1.88. The summed E-state index contributed by atoms with van der Waals surface area (Å²) in [6, 6.07) is 0. The number of carbonyl (C=O) groups is 1. The topological polar surface area (TPSA) is 26.3 Å². The van der Waals surface area contributed by atoms with Gasteiger partial charge in [-0.2, -0.15) is 0 Å². The van der Waals surface area contributed by atoms with E-state index in [0.29, 0.717) is 13.0 Å². The molecule has 0 saturated carbocycles. The Morgan fingerprint density at radius 3 is 2.69 bits per heavy atom. The minimum Gasteiger partial charge on any atom is -0.465 e. The maximum absolute atomic E-state index is 11.1. The van der Waals surface area contributed by atoms with E-state index >= 15 is 0 Å². The quantitative estimate of drug-likeness (QED) is 0.467. The predicted octanol–water partition coefficient (Wildman–Crippen LogP) is 2.56. The lowest BCUT2D eigenvalue weighted by Gasteiger charge is -2.32. The zero-order valence-electron chi connectivity index (χ0n) is 7.85. The summed E-state index contributed by atoms with van der Waals surface area (Å²) in [5, 5.41) is -0.662. The minimum absolute atomic E-state index is 0.0185. The molecule has 0 amide bonds. The van der Waals surface area contributed by atoms with E-state index in [1.165, 1.54) is 0 Å². The average molecular weight is 225 g/mol. The van der Waals surface area contributed by atoms with Crippen molar-refractivity contribution in [3.05, 3.63) is 0 Å². The van der Waals surface area contributed by atoms with E-state index in [1.54, 1.807) is 0 Å². The molecular formula is C9H14Cl2O2. The predicted molar refractivity (Wildman–Crippen MR) is 53.3 cm³/mol. The molecule has 1 saturated heterocycles. The van der Waals surface area contributed by atoms with E-state index in [9.17, 15) is 4.79 Å². The van der Waals surface area contributed by atoms with Crippen molar-refractivity contribution < 1.29 is 9.53 Å². The van der Waals surface area contributed by atoms with Crippen molar-refractivity contribution in [3.8, 4) is 0 Å². The second-order valence-corrected chi connectivity index (χ2v) is 5.13. The standard InChI is InChI=1S/C9H14Cl2O2/c1-9(2)3-4-13-8(12)6(10)5-7(9)11/h6-7H,3-5H2,1-2H3/t6-,7-/m1/s1. The first-order chi connectivity index (χ1) is 5.93. The molecule has 0 aromatic carbocycles. The highest BCUT2D eigenvalue weighted by atomic mass is 35.5. The van der Waals surface area contributed by atoms with Gasteiger partial charge in [-0.05, 0) is 18.3 Å². The van der Waals surface area contributed by atoms with Gasteiger partial charge in [-0.3, -0.25) is 4.79 Å². The highest BCUT2D eigenvalue weighted by Gasteiger charge is 2.34. The summed E-state index contributed by atoms with van der Waals surface area (Å²) >= 11 is 12.0. The van der Waals surface area contributed by atoms with Crippen LogP contribution in [-0.2, 0) is 9.53 Å². The van der Waals surface area contributed by atoms with Crippen LogP contribution in [0.15, 0.2) is 0 Å². The summed E-state index contributed by atoms with van der Waals surface area (Å²) in [5.41, 5.74) is -0.0185. The van der Waals surface area contributed by atoms with E-state index in [4.69, 9.17) is 27.9 Å². The molecule has 1 aliphatic heterocycles. The molecule has 1 heterocycles. The van der Waals surface area contributed by atoms with Gasteiger partial charge in [-0.15, -0.1) is 23.2 Å². The van der Waals surface area contributed by atoms with Crippen LogP contribution in [0.5, 0.6) is 0 Å². The lowest BCUT2D eigenvalue weighted by Crippen LogP contribution is -2.35. The Bertz CT molecular complexity index is 204. The summed E-state index contributed by atoms with van der Waals surface area (Å²) in [6.45, 7) is 4.54. The number of carbonyl (C=O) groups excluding carboxylic acids is 1. The van der Waals surface area contributed by atoms with Gasteiger partial charge < -0.3 is 4.74 Å². The Balaban J connectivity index is 2.67. The Morgan fingerprint density at radius 2 is 2.08 bits per heavy atom. The largest absolute Gasteiger partial charge is 0.465 e. The van der Waals surface area contributed by atoms with Crippen LogP contribution >= 0.6 is 23.2 Å². The summed E-state index contributed by atoms with van der Waals surface area (Å²) in [5.74, 6) is -0.345. The minimum atomic E-state index is -0.595. The van der Waals surface area contributed by atoms with E-state index in [2.05, 4.69) is 13.8 Å². The van der Waals surface area contributed by atoms with Crippen molar-refractivity contribution in [2.45, 2.75) is 37.4 Å². The Morgan fingerprint density at radius 1 is 1.46 bits per heavy atom. The van der Waals surface area contributed by atoms with Crippen molar-refractivity contribution in [1.82, 2.24) is 0 Å². The second kappa shape index (κ2) is 4.05. The number of halogens is 2. The van der Waals surface area contributed by atoms with E-state index in [0.717, 1.165) is 6.42 Å². The monoisotopic (exact) mass is 224 g/mol. The van der Waals surface area contributed by atoms with Crippen LogP contribution in [0, 0.1) is 5.41 Å². The summed E-state index contributed by atoms with van der Waals surface area (Å²) in [6.07, 6.45) is 1.27. The van der Waals surface area contributed by atoms with Gasteiger partial charge in [-0.25, -0.2) is 0 Å². The van der Waals surface area contributed by atoms with Gasteiger partial charge in [0.25, 0.3) is 0 Å².